The fourth-order valence-electron chi connectivity index (χ4n) is 2.78. The van der Waals surface area contributed by atoms with Crippen molar-refractivity contribution in [3.8, 4) is 0 Å². The monoisotopic (exact) mass is 362 g/mol. The highest BCUT2D eigenvalue weighted by molar-refractivity contribution is 6.05. The molecule has 0 saturated carbocycles. The van der Waals surface area contributed by atoms with E-state index in [1.807, 2.05) is 10.7 Å². The molecular formula is C19H30N4O3. The number of amides is 1. The number of fused-ring (bicyclic) bond motifs is 1. The van der Waals surface area contributed by atoms with Crippen LogP contribution in [0.2, 0.25) is 0 Å². The van der Waals surface area contributed by atoms with Gasteiger partial charge in [0.25, 0.3) is 5.91 Å². The van der Waals surface area contributed by atoms with Gasteiger partial charge in [0.05, 0.1) is 30.4 Å². The molecule has 0 radical (unpaired) electrons. The van der Waals surface area contributed by atoms with Gasteiger partial charge in [-0.2, -0.15) is 5.10 Å². The third-order valence-electron chi connectivity index (χ3n) is 4.32. The molecule has 0 bridgehead atoms. The van der Waals surface area contributed by atoms with Crippen LogP contribution in [0.15, 0.2) is 12.3 Å². The van der Waals surface area contributed by atoms with E-state index < -0.39 is 0 Å². The summed E-state index contributed by atoms with van der Waals surface area (Å²) >= 11 is 0. The van der Waals surface area contributed by atoms with Crippen molar-refractivity contribution in [3.63, 3.8) is 0 Å². The molecule has 7 nitrogen and oxygen atoms in total. The molecule has 0 N–H and O–H groups in total. The van der Waals surface area contributed by atoms with E-state index in [2.05, 4.69) is 32.8 Å². The number of ether oxygens (including phenoxy) is 2. The number of carbonyl (C=O) groups excluding carboxylic acids is 1. The molecule has 2 heterocycles. The van der Waals surface area contributed by atoms with E-state index in [4.69, 9.17) is 14.5 Å². The van der Waals surface area contributed by atoms with Crippen molar-refractivity contribution in [3.05, 3.63) is 23.5 Å². The van der Waals surface area contributed by atoms with E-state index in [0.29, 0.717) is 31.9 Å². The number of aromatic nitrogens is 3. The minimum absolute atomic E-state index is 0.0447. The smallest absolute Gasteiger partial charge is 0.254 e. The Balaban J connectivity index is 2.52. The van der Waals surface area contributed by atoms with Crippen LogP contribution in [0, 0.1) is 0 Å². The zero-order valence-electron chi connectivity index (χ0n) is 16.7. The molecule has 144 valence electrons. The molecule has 0 unspecified atom stereocenters. The quantitative estimate of drug-likeness (QED) is 0.686. The predicted octanol–water partition coefficient (Wildman–Crippen LogP) is 2.87. The number of hydrogen-bond acceptors (Lipinski definition) is 5. The zero-order valence-corrected chi connectivity index (χ0v) is 16.7. The molecule has 0 saturated heterocycles. The maximum Gasteiger partial charge on any atom is 0.254 e. The summed E-state index contributed by atoms with van der Waals surface area (Å²) in [4.78, 5) is 19.8. The van der Waals surface area contributed by atoms with E-state index in [0.717, 1.165) is 16.7 Å². The highest BCUT2D eigenvalue weighted by atomic mass is 16.5. The summed E-state index contributed by atoms with van der Waals surface area (Å²) in [7, 11) is 3.26. The zero-order chi connectivity index (χ0) is 19.3. The largest absolute Gasteiger partial charge is 0.383 e. The van der Waals surface area contributed by atoms with Crippen LogP contribution >= 0.6 is 0 Å². The van der Waals surface area contributed by atoms with Gasteiger partial charge in [-0.25, -0.2) is 9.67 Å². The highest BCUT2D eigenvalue weighted by Crippen LogP contribution is 2.25. The van der Waals surface area contributed by atoms with Crippen LogP contribution in [0.3, 0.4) is 0 Å². The number of hydrogen-bond donors (Lipinski definition) is 0. The first-order valence-corrected chi connectivity index (χ1v) is 9.06. The Bertz CT molecular complexity index is 732. The molecule has 1 amide bonds. The molecule has 26 heavy (non-hydrogen) atoms. The van der Waals surface area contributed by atoms with Gasteiger partial charge in [0.15, 0.2) is 5.65 Å². The lowest BCUT2D eigenvalue weighted by Crippen LogP contribution is -2.36. The summed E-state index contributed by atoms with van der Waals surface area (Å²) in [6.45, 7) is 10.2. The van der Waals surface area contributed by atoms with Crippen molar-refractivity contribution in [2.45, 2.75) is 39.7 Å². The van der Waals surface area contributed by atoms with Crippen LogP contribution in [0.5, 0.6) is 0 Å². The molecule has 0 aliphatic heterocycles. The molecular weight excluding hydrogens is 332 g/mol. The van der Waals surface area contributed by atoms with E-state index in [-0.39, 0.29) is 17.9 Å². The molecule has 0 spiro atoms. The Morgan fingerprint density at radius 3 is 2.27 bits per heavy atom. The van der Waals surface area contributed by atoms with Gasteiger partial charge in [0.2, 0.25) is 0 Å². The lowest BCUT2D eigenvalue weighted by Gasteiger charge is -2.23. The van der Waals surface area contributed by atoms with E-state index in [1.54, 1.807) is 25.3 Å². The predicted molar refractivity (Wildman–Crippen MR) is 102 cm³/mol. The number of pyridine rings is 1. The number of carbonyl (C=O) groups is 1. The Hall–Kier alpha value is -1.99. The molecule has 0 aliphatic rings. The van der Waals surface area contributed by atoms with E-state index >= 15 is 0 Å². The fourth-order valence-corrected chi connectivity index (χ4v) is 2.78. The van der Waals surface area contributed by atoms with Gasteiger partial charge in [-0.05, 0) is 25.8 Å². The van der Waals surface area contributed by atoms with Crippen molar-refractivity contribution in [2.75, 3.05) is 40.5 Å². The standard InChI is InChI=1S/C19H30N4O3/c1-13(2)17-11-15(16-12-20-23(14(3)4)18(16)21-17)19(24)22(7-9-25-5)8-10-26-6/h11-14H,7-10H2,1-6H3. The lowest BCUT2D eigenvalue weighted by molar-refractivity contribution is 0.0629. The second kappa shape index (κ2) is 9.09. The number of methoxy groups -OCH3 is 2. The van der Waals surface area contributed by atoms with Crippen LogP contribution in [0.25, 0.3) is 11.0 Å². The Morgan fingerprint density at radius 2 is 1.77 bits per heavy atom. The van der Waals surface area contributed by atoms with Gasteiger partial charge >= 0.3 is 0 Å². The average molecular weight is 362 g/mol. The first-order valence-electron chi connectivity index (χ1n) is 9.06. The number of nitrogens with zero attached hydrogens (tertiary/aromatic N) is 4. The highest BCUT2D eigenvalue weighted by Gasteiger charge is 2.22. The van der Waals surface area contributed by atoms with Gasteiger partial charge in [-0.15, -0.1) is 0 Å². The maximum atomic E-state index is 13.3. The second-order valence-electron chi connectivity index (χ2n) is 6.95. The molecule has 2 aromatic heterocycles. The fraction of sp³-hybridized carbons (Fsp3) is 0.632. The normalized spacial score (nSPS) is 11.7. The third kappa shape index (κ3) is 4.40. The Kier molecular flexibility index (Phi) is 7.11. The Labute approximate surface area is 155 Å². The SMILES string of the molecule is COCCN(CCOC)C(=O)c1cc(C(C)C)nc2c1cnn2C(C)C. The summed E-state index contributed by atoms with van der Waals surface area (Å²) in [6.07, 6.45) is 1.74. The summed E-state index contributed by atoms with van der Waals surface area (Å²) in [5.41, 5.74) is 2.28. The first-order chi connectivity index (χ1) is 12.4. The van der Waals surface area contributed by atoms with E-state index in [9.17, 15) is 4.79 Å². The molecule has 2 rings (SSSR count). The van der Waals surface area contributed by atoms with Gasteiger partial charge in [-0.3, -0.25) is 4.79 Å². The van der Waals surface area contributed by atoms with Crippen molar-refractivity contribution < 1.29 is 14.3 Å². The van der Waals surface area contributed by atoms with Gasteiger partial charge in [0, 0.05) is 39.0 Å². The molecule has 0 fully saturated rings. The summed E-state index contributed by atoms with van der Waals surface area (Å²) in [6, 6.07) is 2.07. The molecule has 2 aromatic rings. The Morgan fingerprint density at radius 1 is 1.15 bits per heavy atom. The van der Waals surface area contributed by atoms with Gasteiger partial charge < -0.3 is 14.4 Å². The van der Waals surface area contributed by atoms with Crippen molar-refractivity contribution >= 4 is 16.9 Å². The van der Waals surface area contributed by atoms with E-state index in [1.165, 1.54) is 0 Å². The van der Waals surface area contributed by atoms with Crippen LogP contribution in [-0.2, 0) is 9.47 Å². The summed E-state index contributed by atoms with van der Waals surface area (Å²) in [5.74, 6) is 0.171. The lowest BCUT2D eigenvalue weighted by atomic mass is 10.0. The molecule has 0 atom stereocenters. The number of rotatable bonds is 9. The minimum Gasteiger partial charge on any atom is -0.383 e. The van der Waals surface area contributed by atoms with Gasteiger partial charge in [-0.1, -0.05) is 13.8 Å². The van der Waals surface area contributed by atoms with Crippen molar-refractivity contribution in [2.24, 2.45) is 0 Å². The molecule has 0 aliphatic carbocycles. The molecule has 7 heteroatoms. The van der Waals surface area contributed by atoms with Crippen LogP contribution in [0.4, 0.5) is 0 Å². The van der Waals surface area contributed by atoms with Crippen LogP contribution in [0.1, 0.15) is 55.7 Å². The maximum absolute atomic E-state index is 13.3. The molecule has 0 aromatic carbocycles. The summed E-state index contributed by atoms with van der Waals surface area (Å²) in [5, 5.41) is 5.24. The third-order valence-corrected chi connectivity index (χ3v) is 4.32. The van der Waals surface area contributed by atoms with Crippen molar-refractivity contribution in [1.82, 2.24) is 19.7 Å². The van der Waals surface area contributed by atoms with Crippen LogP contribution < -0.4 is 0 Å². The van der Waals surface area contributed by atoms with Gasteiger partial charge in [0.1, 0.15) is 0 Å². The average Bonchev–Trinajstić information content (AvgIpc) is 3.04. The minimum atomic E-state index is -0.0447. The first kappa shape index (κ1) is 20.3. The second-order valence-corrected chi connectivity index (χ2v) is 6.95. The topological polar surface area (TPSA) is 69.5 Å². The van der Waals surface area contributed by atoms with Crippen LogP contribution in [-0.4, -0.2) is 66.1 Å². The van der Waals surface area contributed by atoms with Crippen molar-refractivity contribution in [1.29, 1.82) is 0 Å². The summed E-state index contributed by atoms with van der Waals surface area (Å²) < 4.78 is 12.2.